The molecule has 0 aliphatic carbocycles. The third kappa shape index (κ3) is 5.52. The minimum Gasteiger partial charge on any atom is -0.309 e. The molecule has 0 aliphatic heterocycles. The van der Waals surface area contributed by atoms with Gasteiger partial charge in [-0.05, 0) is 70.4 Å². The second-order valence-electron chi connectivity index (χ2n) is 15.3. The summed E-state index contributed by atoms with van der Waals surface area (Å²) in [6.07, 6.45) is 0. The average molecular weight is 766 g/mol. The molecule has 0 saturated heterocycles. The zero-order valence-corrected chi connectivity index (χ0v) is 32.4. The molecule has 280 valence electrons. The molecule has 0 radical (unpaired) electrons. The van der Waals surface area contributed by atoms with Gasteiger partial charge in [-0.15, -0.1) is 0 Å². The van der Waals surface area contributed by atoms with Gasteiger partial charge in [0.05, 0.1) is 22.1 Å². The molecule has 0 unspecified atom stereocenters. The summed E-state index contributed by atoms with van der Waals surface area (Å²) in [5.74, 6) is 1.89. The lowest BCUT2D eigenvalue weighted by Gasteiger charge is -2.13. The standard InChI is InChI=1S/C55H35N5/c1-3-14-36(15-4-1)38-28-30-43(31-29-38)59-49-25-12-10-23-47(49)51-50(59)33-32-46-45-22-9-11-24-48(45)60(52(46)51)44-21-13-20-41(35-44)54-56-53(39-17-5-2-6-18-39)57-55(58-54)42-27-26-37-16-7-8-19-40(37)34-42/h1-35H. The third-order valence-corrected chi connectivity index (χ3v) is 11.7. The number of para-hydroxylation sites is 2. The number of hydrogen-bond donors (Lipinski definition) is 0. The smallest absolute Gasteiger partial charge is 0.164 e. The molecule has 9 aromatic carbocycles. The molecule has 0 saturated carbocycles. The van der Waals surface area contributed by atoms with Crippen molar-refractivity contribution in [2.75, 3.05) is 0 Å². The summed E-state index contributed by atoms with van der Waals surface area (Å²) < 4.78 is 4.83. The molecule has 3 heterocycles. The van der Waals surface area contributed by atoms with Crippen LogP contribution in [-0.2, 0) is 0 Å². The maximum absolute atomic E-state index is 5.17. The molecule has 0 amide bonds. The second kappa shape index (κ2) is 13.8. The fraction of sp³-hybridized carbons (Fsp3) is 0. The first-order chi connectivity index (χ1) is 29.7. The number of hydrogen-bond acceptors (Lipinski definition) is 3. The lowest BCUT2D eigenvalue weighted by atomic mass is 10.1. The van der Waals surface area contributed by atoms with Gasteiger partial charge < -0.3 is 9.13 Å². The molecular weight excluding hydrogens is 731 g/mol. The van der Waals surface area contributed by atoms with E-state index in [0.29, 0.717) is 17.5 Å². The Morgan fingerprint density at radius 2 is 0.833 bits per heavy atom. The van der Waals surface area contributed by atoms with Crippen LogP contribution in [0.15, 0.2) is 212 Å². The zero-order chi connectivity index (χ0) is 39.6. The van der Waals surface area contributed by atoms with Crippen LogP contribution in [0.3, 0.4) is 0 Å². The molecule has 5 nitrogen and oxygen atoms in total. The van der Waals surface area contributed by atoms with E-state index in [-0.39, 0.29) is 0 Å². The molecule has 5 heteroatoms. The van der Waals surface area contributed by atoms with E-state index in [1.165, 1.54) is 43.6 Å². The highest BCUT2D eigenvalue weighted by Gasteiger charge is 2.21. The van der Waals surface area contributed by atoms with E-state index in [1.807, 2.05) is 18.2 Å². The maximum Gasteiger partial charge on any atom is 0.164 e. The molecule has 0 bridgehead atoms. The molecule has 0 atom stereocenters. The number of fused-ring (bicyclic) bond motifs is 8. The molecular formula is C55H35N5. The van der Waals surface area contributed by atoms with Crippen LogP contribution < -0.4 is 0 Å². The molecule has 12 aromatic rings. The first-order valence-corrected chi connectivity index (χ1v) is 20.3. The normalized spacial score (nSPS) is 11.7. The van der Waals surface area contributed by atoms with E-state index in [4.69, 9.17) is 15.0 Å². The Labute approximate surface area is 346 Å². The fourth-order valence-corrected chi connectivity index (χ4v) is 8.95. The highest BCUT2D eigenvalue weighted by atomic mass is 15.0. The van der Waals surface area contributed by atoms with Crippen LogP contribution in [0.25, 0.3) is 111 Å². The van der Waals surface area contributed by atoms with Gasteiger partial charge in [0.1, 0.15) is 0 Å². The Morgan fingerprint density at radius 3 is 1.58 bits per heavy atom. The van der Waals surface area contributed by atoms with Crippen LogP contribution in [-0.4, -0.2) is 24.1 Å². The van der Waals surface area contributed by atoms with Gasteiger partial charge in [0, 0.05) is 49.6 Å². The number of rotatable bonds is 6. The number of aromatic nitrogens is 5. The predicted octanol–water partition coefficient (Wildman–Crippen LogP) is 13.9. The summed E-state index contributed by atoms with van der Waals surface area (Å²) in [4.78, 5) is 15.3. The van der Waals surface area contributed by atoms with Crippen molar-refractivity contribution >= 4 is 54.4 Å². The van der Waals surface area contributed by atoms with E-state index in [2.05, 4.69) is 203 Å². The largest absolute Gasteiger partial charge is 0.309 e. The van der Waals surface area contributed by atoms with Gasteiger partial charge in [-0.1, -0.05) is 164 Å². The first kappa shape index (κ1) is 33.9. The van der Waals surface area contributed by atoms with Crippen LogP contribution in [0.5, 0.6) is 0 Å². The summed E-state index contributed by atoms with van der Waals surface area (Å²) in [6, 6.07) is 75.2. The van der Waals surface area contributed by atoms with Gasteiger partial charge in [0.15, 0.2) is 17.5 Å². The summed E-state index contributed by atoms with van der Waals surface area (Å²) >= 11 is 0. The summed E-state index contributed by atoms with van der Waals surface area (Å²) in [5, 5.41) is 7.14. The van der Waals surface area contributed by atoms with Crippen LogP contribution in [0.4, 0.5) is 0 Å². The van der Waals surface area contributed by atoms with Crippen molar-refractivity contribution in [1.29, 1.82) is 0 Å². The molecule has 0 N–H and O–H groups in total. The van der Waals surface area contributed by atoms with Gasteiger partial charge in [0.2, 0.25) is 0 Å². The summed E-state index contributed by atoms with van der Waals surface area (Å²) in [7, 11) is 0. The van der Waals surface area contributed by atoms with Crippen molar-refractivity contribution in [3.63, 3.8) is 0 Å². The van der Waals surface area contributed by atoms with Crippen LogP contribution in [0.2, 0.25) is 0 Å². The van der Waals surface area contributed by atoms with E-state index in [1.54, 1.807) is 0 Å². The van der Waals surface area contributed by atoms with Crippen molar-refractivity contribution in [2.45, 2.75) is 0 Å². The number of benzene rings is 9. The Kier molecular flexibility index (Phi) is 7.78. The Balaban J connectivity index is 1.07. The minimum absolute atomic E-state index is 0.621. The second-order valence-corrected chi connectivity index (χ2v) is 15.3. The molecule has 3 aromatic heterocycles. The summed E-state index contributed by atoms with van der Waals surface area (Å²) in [6.45, 7) is 0. The first-order valence-electron chi connectivity index (χ1n) is 20.3. The fourth-order valence-electron chi connectivity index (χ4n) is 8.95. The molecule has 0 aliphatic rings. The van der Waals surface area contributed by atoms with Crippen molar-refractivity contribution in [3.05, 3.63) is 212 Å². The molecule has 0 fully saturated rings. The van der Waals surface area contributed by atoms with E-state index < -0.39 is 0 Å². The zero-order valence-electron chi connectivity index (χ0n) is 32.4. The lowest BCUT2D eigenvalue weighted by Crippen LogP contribution is -2.01. The molecule has 60 heavy (non-hydrogen) atoms. The SMILES string of the molecule is c1ccc(-c2ccc(-n3c4ccccc4c4c3ccc3c5ccccc5n(-c5cccc(-c6nc(-c7ccccc7)nc(-c7ccc8ccccc8c7)n6)c5)c34)cc2)cc1. The molecule has 12 rings (SSSR count). The highest BCUT2D eigenvalue weighted by Crippen LogP contribution is 2.42. The lowest BCUT2D eigenvalue weighted by molar-refractivity contribution is 1.07. The van der Waals surface area contributed by atoms with E-state index >= 15 is 0 Å². The third-order valence-electron chi connectivity index (χ3n) is 11.7. The Bertz CT molecular complexity index is 3580. The quantitative estimate of drug-likeness (QED) is 0.169. The van der Waals surface area contributed by atoms with Crippen LogP contribution in [0.1, 0.15) is 0 Å². The van der Waals surface area contributed by atoms with Gasteiger partial charge in [-0.3, -0.25) is 0 Å². The van der Waals surface area contributed by atoms with Gasteiger partial charge in [0.25, 0.3) is 0 Å². The number of nitrogens with zero attached hydrogens (tertiary/aromatic N) is 5. The highest BCUT2D eigenvalue weighted by molar-refractivity contribution is 6.26. The van der Waals surface area contributed by atoms with Crippen LogP contribution in [0, 0.1) is 0 Å². The molecule has 0 spiro atoms. The topological polar surface area (TPSA) is 48.5 Å². The van der Waals surface area contributed by atoms with Gasteiger partial charge >= 0.3 is 0 Å². The van der Waals surface area contributed by atoms with E-state index in [0.717, 1.165) is 50.0 Å². The maximum atomic E-state index is 5.17. The minimum atomic E-state index is 0.621. The van der Waals surface area contributed by atoms with Crippen molar-refractivity contribution in [2.24, 2.45) is 0 Å². The summed E-state index contributed by atoms with van der Waals surface area (Å²) in [5.41, 5.74) is 12.0. The van der Waals surface area contributed by atoms with E-state index in [9.17, 15) is 0 Å². The van der Waals surface area contributed by atoms with Crippen LogP contribution >= 0.6 is 0 Å². The van der Waals surface area contributed by atoms with Crippen molar-refractivity contribution in [3.8, 4) is 56.7 Å². The van der Waals surface area contributed by atoms with Gasteiger partial charge in [-0.25, -0.2) is 15.0 Å². The van der Waals surface area contributed by atoms with Gasteiger partial charge in [-0.2, -0.15) is 0 Å². The average Bonchev–Trinajstić information content (AvgIpc) is 3.85. The van der Waals surface area contributed by atoms with Crippen molar-refractivity contribution in [1.82, 2.24) is 24.1 Å². The Morgan fingerprint density at radius 1 is 0.283 bits per heavy atom. The van der Waals surface area contributed by atoms with Crippen molar-refractivity contribution < 1.29 is 0 Å². The Hall–Kier alpha value is -8.15. The monoisotopic (exact) mass is 765 g/mol. The predicted molar refractivity (Wildman–Crippen MR) is 248 cm³/mol.